The third kappa shape index (κ3) is 2.69. The molecule has 17 heavy (non-hydrogen) atoms. The van der Waals surface area contributed by atoms with Crippen molar-refractivity contribution < 1.29 is 14.1 Å². The van der Waals surface area contributed by atoms with E-state index in [9.17, 15) is 4.79 Å². The fourth-order valence-electron chi connectivity index (χ4n) is 2.33. The molecule has 1 saturated heterocycles. The average molecular weight is 237 g/mol. The minimum absolute atomic E-state index is 0.0261. The first-order valence-corrected chi connectivity index (χ1v) is 6.39. The molecule has 0 aromatic carbocycles. The zero-order valence-electron chi connectivity index (χ0n) is 10.6. The maximum atomic E-state index is 12.0. The van der Waals surface area contributed by atoms with Gasteiger partial charge in [0.1, 0.15) is 0 Å². The third-order valence-corrected chi connectivity index (χ3v) is 3.73. The van der Waals surface area contributed by atoms with Crippen LogP contribution >= 0.6 is 0 Å². The van der Waals surface area contributed by atoms with E-state index in [1.54, 1.807) is 23.3 Å². The van der Waals surface area contributed by atoms with Crippen molar-refractivity contribution in [1.82, 2.24) is 4.90 Å². The summed E-state index contributed by atoms with van der Waals surface area (Å²) in [6, 6.07) is 4.18. The summed E-state index contributed by atoms with van der Waals surface area (Å²) in [6.07, 6.45) is 2.75. The normalized spacial score (nSPS) is 19.3. The minimum Gasteiger partial charge on any atom is -0.459 e. The summed E-state index contributed by atoms with van der Waals surface area (Å²) >= 11 is 0. The first-order chi connectivity index (χ1) is 8.22. The van der Waals surface area contributed by atoms with Crippen LogP contribution in [0.3, 0.4) is 0 Å². The number of hydrogen-bond acceptors (Lipinski definition) is 2. The molecular formula is C13H21N2O2+. The number of piperazine rings is 1. The number of carbonyl (C=O) groups excluding carboxylic acids is 1. The number of nitrogens with one attached hydrogen (secondary N) is 1. The van der Waals surface area contributed by atoms with Crippen molar-refractivity contribution in [2.75, 3.05) is 26.2 Å². The zero-order valence-corrected chi connectivity index (χ0v) is 10.6. The molecule has 0 spiro atoms. The summed E-state index contributed by atoms with van der Waals surface area (Å²) in [6.45, 7) is 8.25. The van der Waals surface area contributed by atoms with Gasteiger partial charge in [-0.1, -0.05) is 6.92 Å². The van der Waals surface area contributed by atoms with E-state index >= 15 is 0 Å². The monoisotopic (exact) mass is 237 g/mol. The second kappa shape index (κ2) is 5.36. The van der Waals surface area contributed by atoms with E-state index in [0.717, 1.165) is 26.2 Å². The molecule has 1 aliphatic rings. The SMILES string of the molecule is CCC(C)[NH+]1CCN(C(=O)c2ccco2)CC1. The van der Waals surface area contributed by atoms with Crippen LogP contribution in [0.2, 0.25) is 0 Å². The Balaban J connectivity index is 1.89. The molecule has 1 aliphatic heterocycles. The van der Waals surface area contributed by atoms with Crippen molar-refractivity contribution in [3.05, 3.63) is 24.2 Å². The topological polar surface area (TPSA) is 37.9 Å². The highest BCUT2D eigenvalue weighted by atomic mass is 16.3. The van der Waals surface area contributed by atoms with Crippen LogP contribution in [0.4, 0.5) is 0 Å². The lowest BCUT2D eigenvalue weighted by Gasteiger charge is -2.34. The van der Waals surface area contributed by atoms with Gasteiger partial charge in [-0.25, -0.2) is 0 Å². The van der Waals surface area contributed by atoms with Crippen molar-refractivity contribution in [2.45, 2.75) is 26.3 Å². The van der Waals surface area contributed by atoms with Crippen molar-refractivity contribution in [3.63, 3.8) is 0 Å². The van der Waals surface area contributed by atoms with Crippen LogP contribution in [-0.2, 0) is 0 Å². The molecule has 4 heteroatoms. The Morgan fingerprint density at radius 1 is 1.53 bits per heavy atom. The fraction of sp³-hybridized carbons (Fsp3) is 0.615. The van der Waals surface area contributed by atoms with Crippen LogP contribution in [0.15, 0.2) is 22.8 Å². The molecule has 1 aromatic rings. The molecule has 1 fully saturated rings. The Morgan fingerprint density at radius 2 is 2.24 bits per heavy atom. The number of amides is 1. The average Bonchev–Trinajstić information content (AvgIpc) is 2.91. The molecule has 0 aliphatic carbocycles. The van der Waals surface area contributed by atoms with E-state index in [1.807, 2.05) is 4.90 Å². The van der Waals surface area contributed by atoms with Crippen molar-refractivity contribution in [2.24, 2.45) is 0 Å². The van der Waals surface area contributed by atoms with E-state index in [2.05, 4.69) is 13.8 Å². The molecule has 0 radical (unpaired) electrons. The maximum absolute atomic E-state index is 12.0. The molecule has 94 valence electrons. The molecule has 1 unspecified atom stereocenters. The molecule has 1 aromatic heterocycles. The molecule has 1 atom stereocenters. The van der Waals surface area contributed by atoms with E-state index in [4.69, 9.17) is 4.42 Å². The molecule has 2 rings (SSSR count). The Kier molecular flexibility index (Phi) is 3.84. The van der Waals surface area contributed by atoms with Gasteiger partial charge >= 0.3 is 0 Å². The number of furan rings is 1. The molecule has 0 bridgehead atoms. The van der Waals surface area contributed by atoms with Gasteiger partial charge in [0.25, 0.3) is 5.91 Å². The van der Waals surface area contributed by atoms with Crippen LogP contribution in [0.25, 0.3) is 0 Å². The standard InChI is InChI=1S/C13H20N2O2/c1-3-11(2)14-6-8-15(9-7-14)13(16)12-5-4-10-17-12/h4-5,10-11H,3,6-9H2,1-2H3/p+1. The zero-order chi connectivity index (χ0) is 12.3. The predicted molar refractivity (Wildman–Crippen MR) is 65.1 cm³/mol. The van der Waals surface area contributed by atoms with Gasteiger partial charge in [0.05, 0.1) is 38.5 Å². The van der Waals surface area contributed by atoms with E-state index in [-0.39, 0.29) is 5.91 Å². The summed E-state index contributed by atoms with van der Waals surface area (Å²) in [5, 5.41) is 0. The van der Waals surface area contributed by atoms with Gasteiger partial charge in [0.15, 0.2) is 5.76 Å². The van der Waals surface area contributed by atoms with E-state index < -0.39 is 0 Å². The Morgan fingerprint density at radius 3 is 2.76 bits per heavy atom. The smallest absolute Gasteiger partial charge is 0.289 e. The summed E-state index contributed by atoms with van der Waals surface area (Å²) in [7, 11) is 0. The van der Waals surface area contributed by atoms with E-state index in [0.29, 0.717) is 11.8 Å². The molecule has 4 nitrogen and oxygen atoms in total. The number of quaternary nitrogens is 1. The van der Waals surface area contributed by atoms with E-state index in [1.165, 1.54) is 6.42 Å². The molecular weight excluding hydrogens is 216 g/mol. The maximum Gasteiger partial charge on any atom is 0.289 e. The second-order valence-electron chi connectivity index (χ2n) is 4.74. The first-order valence-electron chi connectivity index (χ1n) is 6.39. The summed E-state index contributed by atoms with van der Waals surface area (Å²) in [5.41, 5.74) is 0. The lowest BCUT2D eigenvalue weighted by Crippen LogP contribution is -3.17. The first kappa shape index (κ1) is 12.2. The number of carbonyl (C=O) groups is 1. The highest BCUT2D eigenvalue weighted by Gasteiger charge is 2.27. The summed E-state index contributed by atoms with van der Waals surface area (Å²) < 4.78 is 5.15. The summed E-state index contributed by atoms with van der Waals surface area (Å²) in [4.78, 5) is 15.5. The lowest BCUT2D eigenvalue weighted by atomic mass is 10.2. The molecule has 2 heterocycles. The van der Waals surface area contributed by atoms with Gasteiger partial charge in [-0.05, 0) is 25.5 Å². The van der Waals surface area contributed by atoms with Gasteiger partial charge < -0.3 is 14.2 Å². The number of rotatable bonds is 3. The van der Waals surface area contributed by atoms with Gasteiger partial charge in [0.2, 0.25) is 0 Å². The quantitative estimate of drug-likeness (QED) is 0.827. The third-order valence-electron chi connectivity index (χ3n) is 3.73. The highest BCUT2D eigenvalue weighted by molar-refractivity contribution is 5.91. The number of nitrogens with zero attached hydrogens (tertiary/aromatic N) is 1. The Bertz CT molecular complexity index is 354. The number of hydrogen-bond donors (Lipinski definition) is 1. The van der Waals surface area contributed by atoms with Crippen LogP contribution in [0.1, 0.15) is 30.8 Å². The van der Waals surface area contributed by atoms with Crippen LogP contribution in [0.5, 0.6) is 0 Å². The predicted octanol–water partition coefficient (Wildman–Crippen LogP) is 0.419. The molecule has 1 amide bonds. The Labute approximate surface area is 102 Å². The lowest BCUT2D eigenvalue weighted by molar-refractivity contribution is -0.927. The van der Waals surface area contributed by atoms with Gasteiger partial charge in [-0.3, -0.25) is 4.79 Å². The van der Waals surface area contributed by atoms with Gasteiger partial charge in [-0.15, -0.1) is 0 Å². The molecule has 0 saturated carbocycles. The van der Waals surface area contributed by atoms with Gasteiger partial charge in [0, 0.05) is 0 Å². The van der Waals surface area contributed by atoms with Crippen molar-refractivity contribution in [3.8, 4) is 0 Å². The second-order valence-corrected chi connectivity index (χ2v) is 4.74. The van der Waals surface area contributed by atoms with Crippen LogP contribution in [0, 0.1) is 0 Å². The highest BCUT2D eigenvalue weighted by Crippen LogP contribution is 2.05. The largest absolute Gasteiger partial charge is 0.459 e. The van der Waals surface area contributed by atoms with Crippen LogP contribution in [-0.4, -0.2) is 43.0 Å². The molecule has 1 N–H and O–H groups in total. The van der Waals surface area contributed by atoms with Gasteiger partial charge in [-0.2, -0.15) is 0 Å². The Hall–Kier alpha value is -1.29. The minimum atomic E-state index is 0.0261. The van der Waals surface area contributed by atoms with Crippen LogP contribution < -0.4 is 4.90 Å². The van der Waals surface area contributed by atoms with Crippen molar-refractivity contribution >= 4 is 5.91 Å². The fourth-order valence-corrected chi connectivity index (χ4v) is 2.33. The summed E-state index contributed by atoms with van der Waals surface area (Å²) in [5.74, 6) is 0.482. The van der Waals surface area contributed by atoms with Crippen molar-refractivity contribution in [1.29, 1.82) is 0 Å².